The number of methoxy groups -OCH3 is 1. The number of rotatable bonds is 3. The molecule has 1 aromatic carbocycles. The third-order valence-electron chi connectivity index (χ3n) is 2.17. The Morgan fingerprint density at radius 3 is 3.00 bits per heavy atom. The lowest BCUT2D eigenvalue weighted by Gasteiger charge is -2.05. The summed E-state index contributed by atoms with van der Waals surface area (Å²) in [5.41, 5.74) is 0.632. The van der Waals surface area contributed by atoms with E-state index in [1.165, 1.54) is 11.8 Å². The SMILES string of the molecule is COc1cccc(Sc2cnccc2C#N)c1. The van der Waals surface area contributed by atoms with Crippen molar-refractivity contribution in [3.8, 4) is 11.8 Å². The predicted octanol–water partition coefficient (Wildman–Crippen LogP) is 3.11. The summed E-state index contributed by atoms with van der Waals surface area (Å²) in [6.45, 7) is 0. The van der Waals surface area contributed by atoms with Crippen LogP contribution in [-0.4, -0.2) is 12.1 Å². The second-order valence-corrected chi connectivity index (χ2v) is 4.38. The topological polar surface area (TPSA) is 45.9 Å². The predicted molar refractivity (Wildman–Crippen MR) is 66.1 cm³/mol. The minimum Gasteiger partial charge on any atom is -0.497 e. The van der Waals surface area contributed by atoms with Gasteiger partial charge in [-0.25, -0.2) is 0 Å². The number of aromatic nitrogens is 1. The maximum Gasteiger partial charge on any atom is 0.119 e. The van der Waals surface area contributed by atoms with Gasteiger partial charge in [-0.15, -0.1) is 0 Å². The van der Waals surface area contributed by atoms with E-state index in [4.69, 9.17) is 10.00 Å². The van der Waals surface area contributed by atoms with Gasteiger partial charge in [0.1, 0.15) is 11.8 Å². The molecule has 0 atom stereocenters. The summed E-state index contributed by atoms with van der Waals surface area (Å²) in [6.07, 6.45) is 3.32. The van der Waals surface area contributed by atoms with Gasteiger partial charge in [0.05, 0.1) is 12.7 Å². The highest BCUT2D eigenvalue weighted by molar-refractivity contribution is 7.99. The molecule has 0 aliphatic rings. The van der Waals surface area contributed by atoms with E-state index in [-0.39, 0.29) is 0 Å². The molecule has 0 radical (unpaired) electrons. The van der Waals surface area contributed by atoms with Gasteiger partial charge in [0.25, 0.3) is 0 Å². The van der Waals surface area contributed by atoms with Crippen molar-refractivity contribution in [3.63, 3.8) is 0 Å². The van der Waals surface area contributed by atoms with Crippen molar-refractivity contribution in [1.82, 2.24) is 4.98 Å². The maximum atomic E-state index is 8.98. The molecular weight excluding hydrogens is 232 g/mol. The maximum absolute atomic E-state index is 8.98. The van der Waals surface area contributed by atoms with Gasteiger partial charge in [-0.05, 0) is 24.3 Å². The number of ether oxygens (including phenoxy) is 1. The van der Waals surface area contributed by atoms with E-state index in [1.807, 2.05) is 24.3 Å². The molecule has 0 unspecified atom stereocenters. The van der Waals surface area contributed by atoms with Gasteiger partial charge in [-0.2, -0.15) is 5.26 Å². The van der Waals surface area contributed by atoms with E-state index in [9.17, 15) is 0 Å². The van der Waals surface area contributed by atoms with Gasteiger partial charge in [0, 0.05) is 22.2 Å². The van der Waals surface area contributed by atoms with Gasteiger partial charge < -0.3 is 4.74 Å². The zero-order chi connectivity index (χ0) is 12.1. The zero-order valence-corrected chi connectivity index (χ0v) is 10.1. The number of nitriles is 1. The van der Waals surface area contributed by atoms with Gasteiger partial charge in [0.2, 0.25) is 0 Å². The quantitative estimate of drug-likeness (QED) is 0.829. The molecule has 3 nitrogen and oxygen atoms in total. The van der Waals surface area contributed by atoms with E-state index in [0.29, 0.717) is 5.56 Å². The Bertz CT molecular complexity index is 563. The molecule has 17 heavy (non-hydrogen) atoms. The molecule has 0 aliphatic heterocycles. The number of nitrogens with zero attached hydrogens (tertiary/aromatic N) is 2. The summed E-state index contributed by atoms with van der Waals surface area (Å²) in [7, 11) is 1.63. The van der Waals surface area contributed by atoms with Gasteiger partial charge >= 0.3 is 0 Å². The van der Waals surface area contributed by atoms with Crippen LogP contribution in [0.1, 0.15) is 5.56 Å². The first-order chi connectivity index (χ1) is 8.33. The Morgan fingerprint density at radius 2 is 2.24 bits per heavy atom. The first-order valence-electron chi connectivity index (χ1n) is 4.99. The first-order valence-corrected chi connectivity index (χ1v) is 5.81. The molecule has 2 aromatic rings. The van der Waals surface area contributed by atoms with Crippen LogP contribution in [0.4, 0.5) is 0 Å². The summed E-state index contributed by atoms with van der Waals surface area (Å²) in [4.78, 5) is 5.90. The molecule has 2 rings (SSSR count). The summed E-state index contributed by atoms with van der Waals surface area (Å²) < 4.78 is 5.16. The second-order valence-electron chi connectivity index (χ2n) is 3.26. The number of benzene rings is 1. The lowest BCUT2D eigenvalue weighted by molar-refractivity contribution is 0.413. The molecule has 0 amide bonds. The van der Waals surface area contributed by atoms with Crippen molar-refractivity contribution < 1.29 is 4.74 Å². The van der Waals surface area contributed by atoms with Crippen molar-refractivity contribution in [2.75, 3.05) is 7.11 Å². The molecule has 1 heterocycles. The minimum absolute atomic E-state index is 0.632. The third kappa shape index (κ3) is 2.77. The highest BCUT2D eigenvalue weighted by Crippen LogP contribution is 2.31. The average molecular weight is 242 g/mol. The summed E-state index contributed by atoms with van der Waals surface area (Å²) >= 11 is 1.50. The summed E-state index contributed by atoms with van der Waals surface area (Å²) in [5.74, 6) is 0.803. The monoisotopic (exact) mass is 242 g/mol. The van der Waals surface area contributed by atoms with Crippen molar-refractivity contribution in [3.05, 3.63) is 48.3 Å². The van der Waals surface area contributed by atoms with Crippen LogP contribution in [0.3, 0.4) is 0 Å². The molecule has 0 N–H and O–H groups in total. The van der Waals surface area contributed by atoms with Crippen LogP contribution in [0.25, 0.3) is 0 Å². The lowest BCUT2D eigenvalue weighted by Crippen LogP contribution is -1.84. The fourth-order valence-corrected chi connectivity index (χ4v) is 2.26. The standard InChI is InChI=1S/C13H10N2OS/c1-16-11-3-2-4-12(7-11)17-13-9-15-6-5-10(13)8-14/h2-7,9H,1H3. The Balaban J connectivity index is 2.28. The van der Waals surface area contributed by atoms with E-state index in [1.54, 1.807) is 25.6 Å². The highest BCUT2D eigenvalue weighted by Gasteiger charge is 2.04. The second kappa shape index (κ2) is 5.37. The van der Waals surface area contributed by atoms with Crippen LogP contribution < -0.4 is 4.74 Å². The molecule has 0 saturated carbocycles. The van der Waals surface area contributed by atoms with E-state index in [0.717, 1.165) is 15.5 Å². The molecule has 0 fully saturated rings. The minimum atomic E-state index is 0.632. The zero-order valence-electron chi connectivity index (χ0n) is 9.25. The molecule has 4 heteroatoms. The van der Waals surface area contributed by atoms with Gasteiger partial charge in [0.15, 0.2) is 0 Å². The average Bonchev–Trinajstić information content (AvgIpc) is 2.39. The number of hydrogen-bond donors (Lipinski definition) is 0. The fourth-order valence-electron chi connectivity index (χ4n) is 1.35. The molecule has 1 aromatic heterocycles. The highest BCUT2D eigenvalue weighted by atomic mass is 32.2. The largest absolute Gasteiger partial charge is 0.497 e. The van der Waals surface area contributed by atoms with Crippen molar-refractivity contribution >= 4 is 11.8 Å². The number of hydrogen-bond acceptors (Lipinski definition) is 4. The Morgan fingerprint density at radius 1 is 1.35 bits per heavy atom. The molecule has 0 aliphatic carbocycles. The van der Waals surface area contributed by atoms with Crippen LogP contribution >= 0.6 is 11.8 Å². The number of pyridine rings is 1. The normalized spacial score (nSPS) is 9.65. The lowest BCUT2D eigenvalue weighted by atomic mass is 10.3. The van der Waals surface area contributed by atoms with Crippen molar-refractivity contribution in [1.29, 1.82) is 5.26 Å². The van der Waals surface area contributed by atoms with Crippen LogP contribution in [0.15, 0.2) is 52.5 Å². The first kappa shape index (κ1) is 11.5. The Kier molecular flexibility index (Phi) is 3.63. The van der Waals surface area contributed by atoms with E-state index >= 15 is 0 Å². The molecular formula is C13H10N2OS. The van der Waals surface area contributed by atoms with E-state index < -0.39 is 0 Å². The van der Waals surface area contributed by atoms with Crippen LogP contribution in [0.2, 0.25) is 0 Å². The Hall–Kier alpha value is -1.99. The molecule has 0 spiro atoms. The van der Waals surface area contributed by atoms with Crippen LogP contribution in [0.5, 0.6) is 5.75 Å². The Labute approximate surface area is 104 Å². The summed E-state index contributed by atoms with van der Waals surface area (Å²) in [6, 6.07) is 11.6. The van der Waals surface area contributed by atoms with Crippen molar-refractivity contribution in [2.24, 2.45) is 0 Å². The molecule has 84 valence electrons. The molecule has 0 saturated heterocycles. The van der Waals surface area contributed by atoms with Crippen LogP contribution in [-0.2, 0) is 0 Å². The third-order valence-corrected chi connectivity index (χ3v) is 3.21. The van der Waals surface area contributed by atoms with E-state index in [2.05, 4.69) is 11.1 Å². The van der Waals surface area contributed by atoms with Crippen LogP contribution in [0, 0.1) is 11.3 Å². The fraction of sp³-hybridized carbons (Fsp3) is 0.0769. The smallest absolute Gasteiger partial charge is 0.119 e. The summed E-state index contributed by atoms with van der Waals surface area (Å²) in [5, 5.41) is 8.98. The molecule has 0 bridgehead atoms. The van der Waals surface area contributed by atoms with Crippen molar-refractivity contribution in [2.45, 2.75) is 9.79 Å². The van der Waals surface area contributed by atoms with Gasteiger partial charge in [-0.1, -0.05) is 17.8 Å². The van der Waals surface area contributed by atoms with Gasteiger partial charge in [-0.3, -0.25) is 4.98 Å².